The van der Waals surface area contributed by atoms with E-state index in [-0.39, 0.29) is 36.3 Å². The van der Waals surface area contributed by atoms with Crippen LogP contribution in [0.3, 0.4) is 0 Å². The van der Waals surface area contributed by atoms with Gasteiger partial charge in [0.25, 0.3) is 5.91 Å². The number of nitrogens with zero attached hydrogens (tertiary/aromatic N) is 1. The van der Waals surface area contributed by atoms with Gasteiger partial charge < -0.3 is 20.9 Å². The Bertz CT molecular complexity index is 876. The van der Waals surface area contributed by atoms with Crippen LogP contribution in [0, 0.1) is 0 Å². The Balaban J connectivity index is 1.84. The van der Waals surface area contributed by atoms with Crippen molar-refractivity contribution in [3.63, 3.8) is 0 Å². The van der Waals surface area contributed by atoms with Crippen LogP contribution in [0.25, 0.3) is 0 Å². The summed E-state index contributed by atoms with van der Waals surface area (Å²) in [6.07, 6.45) is 0.0974. The van der Waals surface area contributed by atoms with Gasteiger partial charge in [0.1, 0.15) is 0 Å². The Morgan fingerprint density at radius 2 is 1.57 bits per heavy atom. The molecule has 7 heteroatoms. The van der Waals surface area contributed by atoms with E-state index in [4.69, 9.17) is 0 Å². The van der Waals surface area contributed by atoms with E-state index in [9.17, 15) is 14.4 Å². The molecule has 0 heterocycles. The third kappa shape index (κ3) is 7.58. The predicted molar refractivity (Wildman–Crippen MR) is 118 cm³/mol. The van der Waals surface area contributed by atoms with Crippen molar-refractivity contribution in [1.82, 2.24) is 15.5 Å². The molecule has 2 aromatic carbocycles. The van der Waals surface area contributed by atoms with Crippen molar-refractivity contribution in [3.8, 4) is 0 Å². The zero-order valence-electron chi connectivity index (χ0n) is 18.0. The molecule has 0 aliphatic rings. The number of para-hydroxylation sites is 1. The summed E-state index contributed by atoms with van der Waals surface area (Å²) in [6, 6.07) is 16.3. The molecule has 30 heavy (non-hydrogen) atoms. The monoisotopic (exact) mass is 410 g/mol. The molecule has 0 aliphatic carbocycles. The number of rotatable bonds is 7. The zero-order chi connectivity index (χ0) is 22.1. The molecule has 0 aromatic heterocycles. The van der Waals surface area contributed by atoms with Gasteiger partial charge in [0, 0.05) is 32.1 Å². The molecular weight excluding hydrogens is 380 g/mol. The van der Waals surface area contributed by atoms with Crippen LogP contribution < -0.4 is 16.0 Å². The van der Waals surface area contributed by atoms with Gasteiger partial charge in [-0.05, 0) is 38.5 Å². The van der Waals surface area contributed by atoms with Gasteiger partial charge in [0.05, 0.1) is 11.3 Å². The number of benzene rings is 2. The van der Waals surface area contributed by atoms with Crippen LogP contribution in [0.1, 0.15) is 43.1 Å². The smallest absolute Gasteiger partial charge is 0.317 e. The fraction of sp³-hybridized carbons (Fsp3) is 0.348. The highest BCUT2D eigenvalue weighted by Crippen LogP contribution is 2.16. The molecule has 0 unspecified atom stereocenters. The summed E-state index contributed by atoms with van der Waals surface area (Å²) in [5.74, 6) is -0.536. The van der Waals surface area contributed by atoms with Gasteiger partial charge in [0.15, 0.2) is 0 Å². The van der Waals surface area contributed by atoms with Gasteiger partial charge in [-0.15, -0.1) is 0 Å². The third-order valence-electron chi connectivity index (χ3n) is 4.17. The molecule has 0 radical (unpaired) electrons. The molecule has 0 aliphatic heterocycles. The maximum absolute atomic E-state index is 12.5. The quantitative estimate of drug-likeness (QED) is 0.654. The zero-order valence-corrected chi connectivity index (χ0v) is 18.0. The van der Waals surface area contributed by atoms with Gasteiger partial charge in [-0.25, -0.2) is 4.79 Å². The molecule has 0 saturated carbocycles. The number of urea groups is 1. The molecule has 0 saturated heterocycles. The van der Waals surface area contributed by atoms with Crippen molar-refractivity contribution in [2.75, 3.05) is 18.9 Å². The van der Waals surface area contributed by atoms with Crippen molar-refractivity contribution < 1.29 is 14.4 Å². The maximum atomic E-state index is 12.5. The maximum Gasteiger partial charge on any atom is 0.317 e. The molecule has 0 fully saturated rings. The molecule has 7 nitrogen and oxygen atoms in total. The second-order valence-electron chi connectivity index (χ2n) is 8.12. The van der Waals surface area contributed by atoms with Gasteiger partial charge >= 0.3 is 6.03 Å². The van der Waals surface area contributed by atoms with Gasteiger partial charge in [0.2, 0.25) is 5.91 Å². The van der Waals surface area contributed by atoms with E-state index in [2.05, 4.69) is 16.0 Å². The van der Waals surface area contributed by atoms with Crippen LogP contribution in [-0.4, -0.2) is 41.9 Å². The van der Waals surface area contributed by atoms with E-state index in [1.54, 1.807) is 36.2 Å². The summed E-state index contributed by atoms with van der Waals surface area (Å²) in [4.78, 5) is 38.5. The van der Waals surface area contributed by atoms with E-state index < -0.39 is 0 Å². The van der Waals surface area contributed by atoms with Gasteiger partial charge in [-0.1, -0.05) is 42.5 Å². The largest absolute Gasteiger partial charge is 0.347 e. The Hall–Kier alpha value is -3.35. The highest BCUT2D eigenvalue weighted by atomic mass is 16.2. The molecular formula is C23H30N4O3. The molecule has 0 bridgehead atoms. The first-order chi connectivity index (χ1) is 14.2. The lowest BCUT2D eigenvalue weighted by atomic mass is 10.1. The summed E-state index contributed by atoms with van der Waals surface area (Å²) < 4.78 is 0. The molecule has 3 N–H and O–H groups in total. The fourth-order valence-corrected chi connectivity index (χ4v) is 2.76. The number of amides is 4. The highest BCUT2D eigenvalue weighted by Gasteiger charge is 2.18. The third-order valence-corrected chi connectivity index (χ3v) is 4.17. The first kappa shape index (κ1) is 22.9. The number of anilines is 1. The minimum absolute atomic E-state index is 0.0974. The van der Waals surface area contributed by atoms with E-state index in [1.165, 1.54) is 0 Å². The number of carbonyl (C=O) groups is 3. The summed E-state index contributed by atoms with van der Waals surface area (Å²) >= 11 is 0. The summed E-state index contributed by atoms with van der Waals surface area (Å²) in [6.45, 7) is 6.35. The minimum atomic E-state index is -0.385. The average Bonchev–Trinajstić information content (AvgIpc) is 2.67. The second kappa shape index (κ2) is 10.4. The first-order valence-electron chi connectivity index (χ1n) is 9.90. The Morgan fingerprint density at radius 3 is 2.23 bits per heavy atom. The highest BCUT2D eigenvalue weighted by molar-refractivity contribution is 6.04. The molecule has 2 aromatic rings. The van der Waals surface area contributed by atoms with Crippen molar-refractivity contribution in [1.29, 1.82) is 0 Å². The van der Waals surface area contributed by atoms with Crippen LogP contribution in [0.5, 0.6) is 0 Å². The fourth-order valence-electron chi connectivity index (χ4n) is 2.76. The normalized spacial score (nSPS) is 10.8. The first-order valence-corrected chi connectivity index (χ1v) is 9.90. The second-order valence-corrected chi connectivity index (χ2v) is 8.12. The average molecular weight is 411 g/mol. The summed E-state index contributed by atoms with van der Waals surface area (Å²) in [7, 11) is 1.70. The standard InChI is InChI=1S/C23H30N4O3/c1-23(2,3)26-21(29)18-12-8-9-13-19(18)25-20(28)14-15-24-22(30)27(4)16-17-10-6-5-7-11-17/h5-13H,14-16H2,1-4H3,(H,24,30)(H,25,28)(H,26,29). The molecule has 160 valence electrons. The SMILES string of the molecule is CN(Cc1ccccc1)C(=O)NCCC(=O)Nc1ccccc1C(=O)NC(C)(C)C. The van der Waals surface area contributed by atoms with Gasteiger partial charge in [-0.3, -0.25) is 9.59 Å². The van der Waals surface area contributed by atoms with E-state index in [1.807, 2.05) is 51.1 Å². The van der Waals surface area contributed by atoms with Crippen molar-refractivity contribution in [3.05, 3.63) is 65.7 Å². The Morgan fingerprint density at radius 1 is 0.933 bits per heavy atom. The number of carbonyl (C=O) groups excluding carboxylic acids is 3. The minimum Gasteiger partial charge on any atom is -0.347 e. The van der Waals surface area contributed by atoms with E-state index in [0.717, 1.165) is 5.56 Å². The van der Waals surface area contributed by atoms with Crippen LogP contribution >= 0.6 is 0 Å². The van der Waals surface area contributed by atoms with Crippen LogP contribution in [-0.2, 0) is 11.3 Å². The topological polar surface area (TPSA) is 90.5 Å². The predicted octanol–water partition coefficient (Wildman–Crippen LogP) is 3.39. The van der Waals surface area contributed by atoms with Crippen molar-refractivity contribution in [2.45, 2.75) is 39.3 Å². The van der Waals surface area contributed by atoms with E-state index >= 15 is 0 Å². The molecule has 4 amide bonds. The van der Waals surface area contributed by atoms with E-state index in [0.29, 0.717) is 17.8 Å². The number of hydrogen-bond acceptors (Lipinski definition) is 3. The van der Waals surface area contributed by atoms with Crippen molar-refractivity contribution >= 4 is 23.5 Å². The number of nitrogens with one attached hydrogen (secondary N) is 3. The van der Waals surface area contributed by atoms with Crippen LogP contribution in [0.2, 0.25) is 0 Å². The van der Waals surface area contributed by atoms with Crippen LogP contribution in [0.4, 0.5) is 10.5 Å². The molecule has 0 atom stereocenters. The molecule has 2 rings (SSSR count). The lowest BCUT2D eigenvalue weighted by Crippen LogP contribution is -2.41. The van der Waals surface area contributed by atoms with Crippen molar-refractivity contribution in [2.24, 2.45) is 0 Å². The lowest BCUT2D eigenvalue weighted by Gasteiger charge is -2.21. The number of hydrogen-bond donors (Lipinski definition) is 3. The Labute approximate surface area is 177 Å². The summed E-state index contributed by atoms with van der Waals surface area (Å²) in [5.41, 5.74) is 1.48. The van der Waals surface area contributed by atoms with Gasteiger partial charge in [-0.2, -0.15) is 0 Å². The van der Waals surface area contributed by atoms with Crippen LogP contribution in [0.15, 0.2) is 54.6 Å². The summed E-state index contributed by atoms with van der Waals surface area (Å²) in [5, 5.41) is 8.38. The molecule has 0 spiro atoms. The lowest BCUT2D eigenvalue weighted by molar-refractivity contribution is -0.116. The Kier molecular flexibility index (Phi) is 7.98.